The Morgan fingerprint density at radius 2 is 1.81 bits per heavy atom. The van der Waals surface area contributed by atoms with Crippen molar-refractivity contribution in [1.29, 1.82) is 0 Å². The Bertz CT molecular complexity index is 858. The summed E-state index contributed by atoms with van der Waals surface area (Å²) in [4.78, 5) is 14.5. The van der Waals surface area contributed by atoms with E-state index in [0.717, 1.165) is 18.9 Å². The lowest BCUT2D eigenvalue weighted by Gasteiger charge is -2.23. The van der Waals surface area contributed by atoms with Crippen LogP contribution < -0.4 is 10.1 Å². The van der Waals surface area contributed by atoms with Crippen LogP contribution in [0.4, 0.5) is 13.2 Å². The van der Waals surface area contributed by atoms with Crippen LogP contribution in [-0.2, 0) is 17.5 Å². The lowest BCUT2D eigenvalue weighted by molar-refractivity contribution is -0.137. The van der Waals surface area contributed by atoms with Gasteiger partial charge in [-0.05, 0) is 43.1 Å². The van der Waals surface area contributed by atoms with E-state index in [4.69, 9.17) is 9.47 Å². The quantitative estimate of drug-likeness (QED) is 0.769. The number of carbonyl (C=O) groups is 1. The maximum absolute atomic E-state index is 13.0. The monoisotopic (exact) mass is 436 g/mol. The maximum atomic E-state index is 13.0. The summed E-state index contributed by atoms with van der Waals surface area (Å²) < 4.78 is 50.6. The first kappa shape index (κ1) is 23.1. The molecule has 0 unspecified atom stereocenters. The van der Waals surface area contributed by atoms with Gasteiger partial charge in [-0.1, -0.05) is 30.3 Å². The Labute approximate surface area is 180 Å². The fourth-order valence-corrected chi connectivity index (χ4v) is 3.41. The molecule has 2 aromatic rings. The van der Waals surface area contributed by atoms with E-state index in [1.807, 2.05) is 0 Å². The average Bonchev–Trinajstić information content (AvgIpc) is 2.75. The maximum Gasteiger partial charge on any atom is 0.416 e. The molecule has 1 N–H and O–H groups in total. The van der Waals surface area contributed by atoms with E-state index in [0.29, 0.717) is 62.9 Å². The summed E-state index contributed by atoms with van der Waals surface area (Å²) in [5.74, 6) is 0.254. The second-order valence-electron chi connectivity index (χ2n) is 7.39. The number of nitrogens with one attached hydrogen (secondary N) is 1. The summed E-state index contributed by atoms with van der Waals surface area (Å²) in [7, 11) is 0. The van der Waals surface area contributed by atoms with E-state index in [1.165, 1.54) is 12.1 Å². The molecule has 0 spiro atoms. The van der Waals surface area contributed by atoms with Crippen molar-refractivity contribution in [3.8, 4) is 5.75 Å². The predicted octanol–water partition coefficient (Wildman–Crippen LogP) is 4.13. The average molecular weight is 436 g/mol. The molecular weight excluding hydrogens is 409 g/mol. The minimum absolute atomic E-state index is 0.227. The first-order chi connectivity index (χ1) is 14.9. The number of amides is 1. The second-order valence-corrected chi connectivity index (χ2v) is 7.39. The van der Waals surface area contributed by atoms with E-state index < -0.39 is 11.7 Å². The first-order valence-electron chi connectivity index (χ1n) is 10.4. The van der Waals surface area contributed by atoms with Crippen molar-refractivity contribution in [2.45, 2.75) is 25.6 Å². The Hall–Kier alpha value is -2.58. The van der Waals surface area contributed by atoms with Crippen molar-refractivity contribution in [3.05, 3.63) is 65.2 Å². The molecule has 0 atom stereocenters. The molecule has 0 aromatic heterocycles. The summed E-state index contributed by atoms with van der Waals surface area (Å²) >= 11 is 0. The van der Waals surface area contributed by atoms with Gasteiger partial charge in [-0.15, -0.1) is 0 Å². The molecule has 1 aliphatic heterocycles. The van der Waals surface area contributed by atoms with Crippen LogP contribution in [0.1, 0.15) is 34.3 Å². The molecule has 1 heterocycles. The Morgan fingerprint density at radius 1 is 0.968 bits per heavy atom. The van der Waals surface area contributed by atoms with Crippen molar-refractivity contribution >= 4 is 5.91 Å². The highest BCUT2D eigenvalue weighted by molar-refractivity contribution is 5.96. The zero-order valence-corrected chi connectivity index (χ0v) is 17.3. The number of nitrogens with zero attached hydrogens (tertiary/aromatic N) is 1. The molecular formula is C23H27F3N2O3. The third-order valence-electron chi connectivity index (χ3n) is 5.00. The van der Waals surface area contributed by atoms with Gasteiger partial charge in [-0.3, -0.25) is 9.69 Å². The van der Waals surface area contributed by atoms with Gasteiger partial charge in [-0.25, -0.2) is 0 Å². The topological polar surface area (TPSA) is 50.8 Å². The molecule has 31 heavy (non-hydrogen) atoms. The van der Waals surface area contributed by atoms with Crippen LogP contribution in [0.5, 0.6) is 5.75 Å². The van der Waals surface area contributed by atoms with E-state index in [-0.39, 0.29) is 5.91 Å². The van der Waals surface area contributed by atoms with Crippen LogP contribution in [0.2, 0.25) is 0 Å². The van der Waals surface area contributed by atoms with Crippen molar-refractivity contribution < 1.29 is 27.4 Å². The zero-order valence-electron chi connectivity index (χ0n) is 17.3. The van der Waals surface area contributed by atoms with Gasteiger partial charge >= 0.3 is 6.18 Å². The fourth-order valence-electron chi connectivity index (χ4n) is 3.41. The lowest BCUT2D eigenvalue weighted by atomic mass is 10.1. The van der Waals surface area contributed by atoms with Crippen LogP contribution in [0, 0.1) is 0 Å². The molecule has 8 heteroatoms. The van der Waals surface area contributed by atoms with Gasteiger partial charge in [0.25, 0.3) is 5.91 Å². The van der Waals surface area contributed by atoms with Crippen LogP contribution >= 0.6 is 0 Å². The number of alkyl halides is 3. The number of hydrogen-bond acceptors (Lipinski definition) is 4. The molecule has 0 saturated heterocycles. The van der Waals surface area contributed by atoms with Gasteiger partial charge < -0.3 is 14.8 Å². The molecule has 168 valence electrons. The van der Waals surface area contributed by atoms with Gasteiger partial charge in [0.15, 0.2) is 0 Å². The standard InChI is InChI=1S/C23H27F3N2O3/c24-23(25,26)19-7-5-6-18(16-19)17-28-11-3-4-13-30-14-10-27-22(29)20-8-1-2-9-21(20)31-15-12-28/h1-2,5-9,16H,3-4,10-15,17H2,(H,27,29). The summed E-state index contributed by atoms with van der Waals surface area (Å²) in [5, 5.41) is 2.82. The van der Waals surface area contributed by atoms with Crippen LogP contribution in [0.25, 0.3) is 0 Å². The summed E-state index contributed by atoms with van der Waals surface area (Å²) in [6.45, 7) is 3.34. The summed E-state index contributed by atoms with van der Waals surface area (Å²) in [6.07, 6.45) is -2.69. The minimum atomic E-state index is -4.36. The molecule has 0 fully saturated rings. The molecule has 0 saturated carbocycles. The number of rotatable bonds is 2. The fraction of sp³-hybridized carbons (Fsp3) is 0.435. The number of ether oxygens (including phenoxy) is 2. The van der Waals surface area contributed by atoms with Gasteiger partial charge in [0.1, 0.15) is 12.4 Å². The smallest absolute Gasteiger partial charge is 0.416 e. The van der Waals surface area contributed by atoms with Crippen molar-refractivity contribution in [2.24, 2.45) is 0 Å². The Morgan fingerprint density at radius 3 is 2.65 bits per heavy atom. The Balaban J connectivity index is 1.70. The highest BCUT2D eigenvalue weighted by atomic mass is 19.4. The van der Waals surface area contributed by atoms with Crippen LogP contribution in [0.15, 0.2) is 48.5 Å². The summed E-state index contributed by atoms with van der Waals surface area (Å²) in [6, 6.07) is 12.4. The second kappa shape index (κ2) is 11.2. The normalized spacial score (nSPS) is 17.6. The van der Waals surface area contributed by atoms with Gasteiger partial charge in [-0.2, -0.15) is 13.2 Å². The van der Waals surface area contributed by atoms with E-state index >= 15 is 0 Å². The Kier molecular flexibility index (Phi) is 8.31. The third-order valence-corrected chi connectivity index (χ3v) is 5.00. The molecule has 2 aromatic carbocycles. The molecule has 0 radical (unpaired) electrons. The van der Waals surface area contributed by atoms with E-state index in [9.17, 15) is 18.0 Å². The van der Waals surface area contributed by atoms with E-state index in [1.54, 1.807) is 30.3 Å². The molecule has 0 aliphatic carbocycles. The molecule has 0 bridgehead atoms. The van der Waals surface area contributed by atoms with Crippen LogP contribution in [-0.4, -0.2) is 50.3 Å². The molecule has 1 aliphatic rings. The van der Waals surface area contributed by atoms with Gasteiger partial charge in [0.2, 0.25) is 0 Å². The molecule has 1 amide bonds. The number of carbonyl (C=O) groups excluding carboxylic acids is 1. The highest BCUT2D eigenvalue weighted by Crippen LogP contribution is 2.29. The number of hydrogen-bond donors (Lipinski definition) is 1. The minimum Gasteiger partial charge on any atom is -0.491 e. The highest BCUT2D eigenvalue weighted by Gasteiger charge is 2.30. The van der Waals surface area contributed by atoms with Crippen molar-refractivity contribution in [2.75, 3.05) is 39.5 Å². The SMILES string of the molecule is O=C1NCCOCCCCN(Cc2cccc(C(F)(F)F)c2)CCOc2ccccc21. The van der Waals surface area contributed by atoms with Crippen molar-refractivity contribution in [1.82, 2.24) is 10.2 Å². The number of fused-ring (bicyclic) bond motifs is 1. The lowest BCUT2D eigenvalue weighted by Crippen LogP contribution is -2.30. The predicted molar refractivity (Wildman–Crippen MR) is 111 cm³/mol. The van der Waals surface area contributed by atoms with Crippen LogP contribution in [0.3, 0.4) is 0 Å². The molecule has 5 nitrogen and oxygen atoms in total. The first-order valence-corrected chi connectivity index (χ1v) is 10.4. The van der Waals surface area contributed by atoms with Gasteiger partial charge in [0, 0.05) is 26.2 Å². The number of benzene rings is 2. The third kappa shape index (κ3) is 7.25. The molecule has 3 rings (SSSR count). The van der Waals surface area contributed by atoms with Crippen molar-refractivity contribution in [3.63, 3.8) is 0 Å². The van der Waals surface area contributed by atoms with Gasteiger partial charge in [0.05, 0.1) is 17.7 Å². The largest absolute Gasteiger partial charge is 0.491 e. The number of para-hydroxylation sites is 1. The zero-order chi connectivity index (χ0) is 22.1. The number of halogens is 3. The summed E-state index contributed by atoms with van der Waals surface area (Å²) in [5.41, 5.74) is 0.401. The van der Waals surface area contributed by atoms with E-state index in [2.05, 4.69) is 10.2 Å².